The monoisotopic (exact) mass is 299 g/mol. The Morgan fingerprint density at radius 1 is 1.23 bits per heavy atom. The molecule has 6 heteroatoms. The molecule has 1 aromatic heterocycles. The molecule has 1 aromatic carbocycles. The maximum atomic E-state index is 12.7. The van der Waals surface area contributed by atoms with Crippen molar-refractivity contribution in [2.24, 2.45) is 0 Å². The second kappa shape index (κ2) is 6.03. The van der Waals surface area contributed by atoms with Gasteiger partial charge in [-0.3, -0.25) is 14.8 Å². The maximum absolute atomic E-state index is 12.7. The van der Waals surface area contributed by atoms with Crippen molar-refractivity contribution in [1.29, 1.82) is 0 Å². The number of hydrogen-bond donors (Lipinski definition) is 2. The molecule has 6 nitrogen and oxygen atoms in total. The van der Waals surface area contributed by atoms with Crippen molar-refractivity contribution in [1.82, 2.24) is 14.9 Å². The molecule has 2 aromatic rings. The van der Waals surface area contributed by atoms with Gasteiger partial charge >= 0.3 is 0 Å². The van der Waals surface area contributed by atoms with Gasteiger partial charge in [0.25, 0.3) is 11.8 Å². The zero-order chi connectivity index (χ0) is 15.5. The van der Waals surface area contributed by atoms with Crippen LogP contribution in [0.25, 0.3) is 0 Å². The Labute approximate surface area is 127 Å². The molecule has 0 atom stereocenters. The molecule has 3 rings (SSSR count). The number of nitrogens with zero attached hydrogens (tertiary/aromatic N) is 2. The highest BCUT2D eigenvalue weighted by atomic mass is 16.5. The van der Waals surface area contributed by atoms with Crippen molar-refractivity contribution in [3.63, 3.8) is 0 Å². The Balaban J connectivity index is 1.86. The molecule has 22 heavy (non-hydrogen) atoms. The summed E-state index contributed by atoms with van der Waals surface area (Å²) in [5, 5.41) is 8.71. The fraction of sp³-hybridized carbons (Fsp3) is 0.250. The summed E-state index contributed by atoms with van der Waals surface area (Å²) in [4.78, 5) is 26.0. The molecule has 2 amide bonds. The van der Waals surface area contributed by atoms with Crippen LogP contribution < -0.4 is 5.48 Å². The van der Waals surface area contributed by atoms with Crippen molar-refractivity contribution < 1.29 is 14.8 Å². The third-order valence-corrected chi connectivity index (χ3v) is 3.81. The summed E-state index contributed by atoms with van der Waals surface area (Å²) in [6.45, 7) is 1.90. The Morgan fingerprint density at radius 2 is 2.00 bits per heavy atom. The van der Waals surface area contributed by atoms with E-state index in [2.05, 4.69) is 0 Å². The van der Waals surface area contributed by atoms with Crippen LogP contribution in [0.3, 0.4) is 0 Å². The second-order valence-corrected chi connectivity index (χ2v) is 5.31. The predicted molar refractivity (Wildman–Crippen MR) is 79.5 cm³/mol. The van der Waals surface area contributed by atoms with Crippen molar-refractivity contribution in [2.75, 3.05) is 6.54 Å². The largest absolute Gasteiger partial charge is 0.343 e. The Kier molecular flexibility index (Phi) is 3.93. The van der Waals surface area contributed by atoms with Gasteiger partial charge in [0, 0.05) is 25.8 Å². The number of hydrogen-bond acceptors (Lipinski definition) is 3. The zero-order valence-corrected chi connectivity index (χ0v) is 12.0. The van der Waals surface area contributed by atoms with Crippen molar-refractivity contribution in [3.8, 4) is 0 Å². The number of carbonyl (C=O) groups is 2. The van der Waals surface area contributed by atoms with Crippen LogP contribution >= 0.6 is 0 Å². The first-order chi connectivity index (χ1) is 10.7. The van der Waals surface area contributed by atoms with Gasteiger partial charge in [-0.05, 0) is 18.1 Å². The lowest BCUT2D eigenvalue weighted by molar-refractivity contribution is 0.0706. The Hall–Kier alpha value is -2.60. The number of nitrogens with one attached hydrogen (secondary N) is 1. The average molecular weight is 299 g/mol. The number of fused-ring (bicyclic) bond motifs is 1. The molecule has 0 unspecified atom stereocenters. The van der Waals surface area contributed by atoms with Gasteiger partial charge in [-0.1, -0.05) is 30.3 Å². The molecule has 114 valence electrons. The quantitative estimate of drug-likeness (QED) is 0.668. The highest BCUT2D eigenvalue weighted by molar-refractivity contribution is 5.99. The summed E-state index contributed by atoms with van der Waals surface area (Å²) in [5.74, 6) is -0.707. The minimum atomic E-state index is -0.608. The first-order valence-corrected chi connectivity index (χ1v) is 7.17. The molecule has 1 aliphatic heterocycles. The summed E-state index contributed by atoms with van der Waals surface area (Å²) >= 11 is 0. The van der Waals surface area contributed by atoms with Crippen molar-refractivity contribution in [2.45, 2.75) is 19.5 Å². The van der Waals surface area contributed by atoms with Gasteiger partial charge in [-0.15, -0.1) is 0 Å². The molecular formula is C16H17N3O3. The van der Waals surface area contributed by atoms with E-state index in [-0.39, 0.29) is 11.5 Å². The summed E-state index contributed by atoms with van der Waals surface area (Å²) in [7, 11) is 0. The molecular weight excluding hydrogens is 282 g/mol. The molecule has 0 radical (unpaired) electrons. The van der Waals surface area contributed by atoms with Crippen molar-refractivity contribution in [3.05, 3.63) is 59.4 Å². The Bertz CT molecular complexity index is 694. The van der Waals surface area contributed by atoms with Gasteiger partial charge in [0.05, 0.1) is 5.56 Å². The number of aryl methyl sites for hydroxylation is 1. The van der Waals surface area contributed by atoms with E-state index >= 15 is 0 Å². The predicted octanol–water partition coefficient (Wildman–Crippen LogP) is 1.65. The van der Waals surface area contributed by atoms with E-state index in [1.165, 1.54) is 6.07 Å². The van der Waals surface area contributed by atoms with E-state index in [9.17, 15) is 9.59 Å². The van der Waals surface area contributed by atoms with Crippen LogP contribution in [0.5, 0.6) is 0 Å². The number of hydroxylamine groups is 1. The highest BCUT2D eigenvalue weighted by Gasteiger charge is 2.24. The molecule has 0 aliphatic carbocycles. The standard InChI is InChI=1S/C16H17N3O3/c20-15(17-22)13-9-14-16(21)19(8-4-7-18(14)11-13)10-12-5-2-1-3-6-12/h1-3,5-6,9,11,22H,4,7-8,10H2,(H,17,20). The summed E-state index contributed by atoms with van der Waals surface area (Å²) in [5.41, 5.74) is 3.43. The van der Waals surface area contributed by atoms with E-state index in [0.717, 1.165) is 12.0 Å². The molecule has 2 N–H and O–H groups in total. The van der Waals surface area contributed by atoms with Crippen LogP contribution in [0, 0.1) is 0 Å². The number of carbonyl (C=O) groups excluding carboxylic acids is 2. The van der Waals surface area contributed by atoms with E-state index < -0.39 is 5.91 Å². The summed E-state index contributed by atoms with van der Waals surface area (Å²) in [6.07, 6.45) is 2.42. The maximum Gasteiger partial charge on any atom is 0.276 e. The fourth-order valence-corrected chi connectivity index (χ4v) is 2.71. The van der Waals surface area contributed by atoms with E-state index in [4.69, 9.17) is 5.21 Å². The Morgan fingerprint density at radius 3 is 2.73 bits per heavy atom. The number of rotatable bonds is 3. The highest BCUT2D eigenvalue weighted by Crippen LogP contribution is 2.18. The van der Waals surface area contributed by atoms with Crippen LogP contribution in [-0.4, -0.2) is 33.0 Å². The molecule has 0 saturated carbocycles. The molecule has 0 spiro atoms. The fourth-order valence-electron chi connectivity index (χ4n) is 2.71. The molecule has 0 saturated heterocycles. The lowest BCUT2D eigenvalue weighted by Gasteiger charge is -2.20. The van der Waals surface area contributed by atoms with E-state index in [1.807, 2.05) is 30.3 Å². The SMILES string of the molecule is O=C(NO)c1cc2n(c1)CCCN(Cc1ccccc1)C2=O. The molecule has 1 aliphatic rings. The first-order valence-electron chi connectivity index (χ1n) is 7.17. The molecule has 2 heterocycles. The lowest BCUT2D eigenvalue weighted by atomic mass is 10.2. The molecule has 0 bridgehead atoms. The van der Waals surface area contributed by atoms with Gasteiger partial charge in [-0.25, -0.2) is 5.48 Å². The van der Waals surface area contributed by atoms with Crippen LogP contribution in [0.2, 0.25) is 0 Å². The third-order valence-electron chi connectivity index (χ3n) is 3.81. The van der Waals surface area contributed by atoms with Gasteiger partial charge in [0.15, 0.2) is 0 Å². The van der Waals surface area contributed by atoms with Gasteiger partial charge in [0.2, 0.25) is 0 Å². The first kappa shape index (κ1) is 14.3. The van der Waals surface area contributed by atoms with Crippen LogP contribution in [0.15, 0.2) is 42.6 Å². The minimum absolute atomic E-state index is 0.0988. The molecule has 0 fully saturated rings. The second-order valence-electron chi connectivity index (χ2n) is 5.31. The van der Waals surface area contributed by atoms with Gasteiger partial charge < -0.3 is 9.47 Å². The van der Waals surface area contributed by atoms with Crippen LogP contribution in [0.4, 0.5) is 0 Å². The third kappa shape index (κ3) is 2.73. The number of aromatic nitrogens is 1. The summed E-state index contributed by atoms with van der Waals surface area (Å²) in [6, 6.07) is 11.3. The summed E-state index contributed by atoms with van der Waals surface area (Å²) < 4.78 is 1.78. The average Bonchev–Trinajstić information content (AvgIpc) is 2.92. The normalized spacial score (nSPS) is 14.4. The zero-order valence-electron chi connectivity index (χ0n) is 12.0. The number of benzene rings is 1. The lowest BCUT2D eigenvalue weighted by Crippen LogP contribution is -2.30. The number of amides is 2. The van der Waals surface area contributed by atoms with Gasteiger partial charge in [0.1, 0.15) is 5.69 Å². The topological polar surface area (TPSA) is 74.6 Å². The van der Waals surface area contributed by atoms with E-state index in [1.54, 1.807) is 21.1 Å². The van der Waals surface area contributed by atoms with Crippen molar-refractivity contribution >= 4 is 11.8 Å². The van der Waals surface area contributed by atoms with E-state index in [0.29, 0.717) is 25.3 Å². The van der Waals surface area contributed by atoms with Crippen LogP contribution in [-0.2, 0) is 13.1 Å². The van der Waals surface area contributed by atoms with Gasteiger partial charge in [-0.2, -0.15) is 0 Å². The smallest absolute Gasteiger partial charge is 0.276 e. The van der Waals surface area contributed by atoms with Crippen LogP contribution in [0.1, 0.15) is 32.8 Å². The minimum Gasteiger partial charge on any atom is -0.343 e.